The Morgan fingerprint density at radius 1 is 1.26 bits per heavy atom. The van der Waals surface area contributed by atoms with Crippen molar-refractivity contribution in [3.8, 4) is 0 Å². The van der Waals surface area contributed by atoms with Crippen LogP contribution in [0.1, 0.15) is 41.9 Å². The molecule has 1 N–H and O–H groups in total. The van der Waals surface area contributed by atoms with Crippen LogP contribution in [0.25, 0.3) is 0 Å². The van der Waals surface area contributed by atoms with Gasteiger partial charge in [-0.1, -0.05) is 29.8 Å². The molecule has 0 saturated heterocycles. The zero-order valence-corrected chi connectivity index (χ0v) is 15.4. The number of benzene rings is 1. The molecule has 0 fully saturated rings. The van der Waals surface area contributed by atoms with Crippen LogP contribution >= 0.6 is 0 Å². The van der Waals surface area contributed by atoms with Gasteiger partial charge in [0.2, 0.25) is 5.91 Å². The van der Waals surface area contributed by atoms with Crippen molar-refractivity contribution < 1.29 is 13.6 Å². The van der Waals surface area contributed by atoms with Gasteiger partial charge in [-0.25, -0.2) is 8.78 Å². The van der Waals surface area contributed by atoms with Gasteiger partial charge in [0.05, 0.1) is 18.4 Å². The van der Waals surface area contributed by atoms with E-state index < -0.39 is 12.5 Å². The van der Waals surface area contributed by atoms with Crippen LogP contribution in [0.2, 0.25) is 0 Å². The number of carbonyl (C=O) groups is 1. The van der Waals surface area contributed by atoms with Gasteiger partial charge >= 0.3 is 0 Å². The molecule has 2 heterocycles. The fourth-order valence-electron chi connectivity index (χ4n) is 2.88. The van der Waals surface area contributed by atoms with Gasteiger partial charge in [-0.2, -0.15) is 10.2 Å². The average molecular weight is 373 g/mol. The molecule has 1 amide bonds. The van der Waals surface area contributed by atoms with Crippen molar-refractivity contribution >= 4 is 11.6 Å². The second-order valence-corrected chi connectivity index (χ2v) is 6.54. The van der Waals surface area contributed by atoms with Gasteiger partial charge in [0.15, 0.2) is 0 Å². The molecule has 0 aliphatic rings. The van der Waals surface area contributed by atoms with Crippen molar-refractivity contribution in [2.75, 3.05) is 5.32 Å². The molecular weight excluding hydrogens is 352 g/mol. The van der Waals surface area contributed by atoms with Gasteiger partial charge in [-0.05, 0) is 32.4 Å². The molecule has 0 aliphatic heterocycles. The van der Waals surface area contributed by atoms with Gasteiger partial charge in [0.1, 0.15) is 11.7 Å². The quantitative estimate of drug-likeness (QED) is 0.713. The van der Waals surface area contributed by atoms with E-state index in [-0.39, 0.29) is 11.6 Å². The summed E-state index contributed by atoms with van der Waals surface area (Å²) in [5.74, 6) is -0.350. The van der Waals surface area contributed by atoms with Crippen LogP contribution in [0, 0.1) is 13.8 Å². The van der Waals surface area contributed by atoms with Gasteiger partial charge in [-0.15, -0.1) is 0 Å². The lowest BCUT2D eigenvalue weighted by Gasteiger charge is -2.13. The molecule has 3 rings (SSSR count). The highest BCUT2D eigenvalue weighted by Crippen LogP contribution is 2.21. The predicted octanol–water partition coefficient (Wildman–Crippen LogP) is 3.88. The number of amides is 1. The van der Waals surface area contributed by atoms with Crippen LogP contribution in [0.15, 0.2) is 42.7 Å². The number of aromatic nitrogens is 4. The molecular formula is C19H21F2N5O. The Kier molecular flexibility index (Phi) is 5.34. The monoisotopic (exact) mass is 373 g/mol. The third-order valence-corrected chi connectivity index (χ3v) is 4.24. The zero-order valence-electron chi connectivity index (χ0n) is 15.4. The molecule has 142 valence electrons. The number of hydrogen-bond acceptors (Lipinski definition) is 3. The number of nitrogens with one attached hydrogen (secondary N) is 1. The summed E-state index contributed by atoms with van der Waals surface area (Å²) in [6.45, 7) is 5.86. The Morgan fingerprint density at radius 2 is 2.04 bits per heavy atom. The highest BCUT2D eigenvalue weighted by atomic mass is 19.3. The average Bonchev–Trinajstić information content (AvgIpc) is 3.20. The van der Waals surface area contributed by atoms with Gasteiger partial charge in [-0.3, -0.25) is 14.2 Å². The maximum Gasteiger partial charge on any atom is 0.282 e. The first-order chi connectivity index (χ1) is 12.8. The largest absolute Gasteiger partial charge is 0.322 e. The summed E-state index contributed by atoms with van der Waals surface area (Å²) in [6, 6.07) is 8.65. The number of halogens is 2. The van der Waals surface area contributed by atoms with E-state index in [9.17, 15) is 13.6 Å². The van der Waals surface area contributed by atoms with Gasteiger partial charge in [0.25, 0.3) is 6.43 Å². The summed E-state index contributed by atoms with van der Waals surface area (Å²) in [5.41, 5.74) is 2.98. The Bertz CT molecular complexity index is 947. The Hall–Kier alpha value is -3.03. The van der Waals surface area contributed by atoms with E-state index >= 15 is 0 Å². The normalized spacial score (nSPS) is 12.4. The van der Waals surface area contributed by atoms with Crippen molar-refractivity contribution in [1.29, 1.82) is 0 Å². The smallest absolute Gasteiger partial charge is 0.282 e. The van der Waals surface area contributed by atoms with E-state index in [1.54, 1.807) is 30.9 Å². The molecule has 0 aliphatic carbocycles. The lowest BCUT2D eigenvalue weighted by atomic mass is 10.1. The minimum atomic E-state index is -2.67. The number of anilines is 1. The maximum atomic E-state index is 12.8. The van der Waals surface area contributed by atoms with Crippen molar-refractivity contribution in [3.63, 3.8) is 0 Å². The molecule has 1 unspecified atom stereocenters. The molecule has 2 aromatic heterocycles. The molecule has 1 atom stereocenters. The third-order valence-electron chi connectivity index (χ3n) is 4.24. The SMILES string of the molecule is Cc1cccc(Cn2cc(NC(=O)C(C)n3nc(C(F)F)cc3C)cn2)c1. The Balaban J connectivity index is 1.67. The topological polar surface area (TPSA) is 64.7 Å². The summed E-state index contributed by atoms with van der Waals surface area (Å²) in [5, 5.41) is 10.8. The van der Waals surface area contributed by atoms with Crippen LogP contribution in [0.5, 0.6) is 0 Å². The fraction of sp³-hybridized carbons (Fsp3) is 0.316. The molecule has 0 saturated carbocycles. The van der Waals surface area contributed by atoms with Gasteiger partial charge in [0, 0.05) is 11.9 Å². The van der Waals surface area contributed by atoms with Crippen molar-refractivity contribution in [2.24, 2.45) is 0 Å². The first-order valence-electron chi connectivity index (χ1n) is 8.56. The van der Waals surface area contributed by atoms with Crippen LogP contribution in [-0.2, 0) is 11.3 Å². The summed E-state index contributed by atoms with van der Waals surface area (Å²) in [7, 11) is 0. The van der Waals surface area contributed by atoms with Crippen molar-refractivity contribution in [2.45, 2.75) is 39.8 Å². The molecule has 6 nitrogen and oxygen atoms in total. The number of carbonyl (C=O) groups excluding carboxylic acids is 1. The van der Waals surface area contributed by atoms with Crippen LogP contribution in [-0.4, -0.2) is 25.5 Å². The Labute approximate surface area is 155 Å². The van der Waals surface area contributed by atoms with Crippen molar-refractivity contribution in [3.05, 3.63) is 65.2 Å². The highest BCUT2D eigenvalue weighted by Gasteiger charge is 2.21. The van der Waals surface area contributed by atoms with Crippen LogP contribution in [0.4, 0.5) is 14.5 Å². The first-order valence-corrected chi connectivity index (χ1v) is 8.56. The molecule has 0 spiro atoms. The summed E-state index contributed by atoms with van der Waals surface area (Å²) in [6.07, 6.45) is 0.620. The third kappa shape index (κ3) is 4.39. The van der Waals surface area contributed by atoms with E-state index in [1.165, 1.54) is 16.3 Å². The molecule has 3 aromatic rings. The first kappa shape index (κ1) is 18.8. The van der Waals surface area contributed by atoms with E-state index in [1.807, 2.05) is 25.1 Å². The molecule has 27 heavy (non-hydrogen) atoms. The number of aryl methyl sites for hydroxylation is 2. The molecule has 0 radical (unpaired) electrons. The summed E-state index contributed by atoms with van der Waals surface area (Å²) in [4.78, 5) is 12.5. The number of hydrogen-bond donors (Lipinski definition) is 1. The second-order valence-electron chi connectivity index (χ2n) is 6.54. The number of rotatable bonds is 6. The minimum absolute atomic E-state index is 0.335. The van der Waals surface area contributed by atoms with E-state index in [0.717, 1.165) is 5.56 Å². The summed E-state index contributed by atoms with van der Waals surface area (Å²) >= 11 is 0. The standard InChI is InChI=1S/C19H21F2N5O/c1-12-5-4-6-15(7-12)10-25-11-16(9-22-25)23-19(27)14(3)26-13(2)8-17(24-26)18(20)21/h4-9,11,14,18H,10H2,1-3H3,(H,23,27). The lowest BCUT2D eigenvalue weighted by molar-refractivity contribution is -0.119. The predicted molar refractivity (Wildman–Crippen MR) is 97.8 cm³/mol. The molecule has 8 heteroatoms. The van der Waals surface area contributed by atoms with Crippen LogP contribution < -0.4 is 5.32 Å². The highest BCUT2D eigenvalue weighted by molar-refractivity contribution is 5.93. The van der Waals surface area contributed by atoms with Crippen molar-refractivity contribution in [1.82, 2.24) is 19.6 Å². The fourth-order valence-corrected chi connectivity index (χ4v) is 2.88. The second kappa shape index (κ2) is 7.69. The number of nitrogens with zero attached hydrogens (tertiary/aromatic N) is 4. The minimum Gasteiger partial charge on any atom is -0.322 e. The Morgan fingerprint density at radius 3 is 2.70 bits per heavy atom. The van der Waals surface area contributed by atoms with E-state index in [0.29, 0.717) is 17.9 Å². The van der Waals surface area contributed by atoms with E-state index in [2.05, 4.69) is 21.6 Å². The lowest BCUT2D eigenvalue weighted by Crippen LogP contribution is -2.25. The molecule has 1 aromatic carbocycles. The van der Waals surface area contributed by atoms with Crippen LogP contribution in [0.3, 0.4) is 0 Å². The van der Waals surface area contributed by atoms with E-state index in [4.69, 9.17) is 0 Å². The molecule has 0 bridgehead atoms. The maximum absolute atomic E-state index is 12.8. The van der Waals surface area contributed by atoms with Gasteiger partial charge < -0.3 is 5.32 Å². The zero-order chi connectivity index (χ0) is 19.6. The number of alkyl halides is 2. The summed E-state index contributed by atoms with van der Waals surface area (Å²) < 4.78 is 28.6.